The topological polar surface area (TPSA) is 42.0 Å². The standard InChI is InChI=1S/C20H28N2O3/c1-20(2,3)25-19(23)22-17-10-15(11-18(22)13-24-12-17)14-6-8-16(9-7-14)21(4)5/h6-10,17-18H,11-13H2,1-5H3. The van der Waals surface area contributed by atoms with Crippen molar-refractivity contribution in [2.75, 3.05) is 32.2 Å². The monoisotopic (exact) mass is 344 g/mol. The summed E-state index contributed by atoms with van der Waals surface area (Å²) in [6.45, 7) is 6.77. The number of rotatable bonds is 2. The molecule has 0 N–H and O–H groups in total. The second-order valence-electron chi connectivity index (χ2n) is 7.98. The van der Waals surface area contributed by atoms with Crippen LogP contribution in [0, 0.1) is 0 Å². The van der Waals surface area contributed by atoms with E-state index in [9.17, 15) is 4.79 Å². The molecule has 2 heterocycles. The molecule has 136 valence electrons. The van der Waals surface area contributed by atoms with E-state index in [2.05, 4.69) is 35.2 Å². The van der Waals surface area contributed by atoms with Crippen molar-refractivity contribution < 1.29 is 14.3 Å². The van der Waals surface area contributed by atoms with Crippen LogP contribution in [0.15, 0.2) is 30.3 Å². The number of hydrogen-bond acceptors (Lipinski definition) is 4. The summed E-state index contributed by atoms with van der Waals surface area (Å²) in [6.07, 6.45) is 2.70. The molecule has 0 saturated carbocycles. The van der Waals surface area contributed by atoms with Crippen molar-refractivity contribution in [2.45, 2.75) is 44.9 Å². The Kier molecular flexibility index (Phi) is 4.78. The summed E-state index contributed by atoms with van der Waals surface area (Å²) >= 11 is 0. The second-order valence-corrected chi connectivity index (χ2v) is 7.98. The molecule has 2 atom stereocenters. The maximum atomic E-state index is 12.6. The predicted octanol–water partition coefficient (Wildman–Crippen LogP) is 3.54. The molecule has 0 radical (unpaired) electrons. The minimum absolute atomic E-state index is 0.0297. The van der Waals surface area contributed by atoms with Gasteiger partial charge in [-0.05, 0) is 50.5 Å². The first-order valence-electron chi connectivity index (χ1n) is 8.82. The normalized spacial score (nSPS) is 23.1. The lowest BCUT2D eigenvalue weighted by molar-refractivity contribution is -0.0510. The summed E-state index contributed by atoms with van der Waals surface area (Å²) in [5.41, 5.74) is 3.19. The molecule has 2 aliphatic heterocycles. The summed E-state index contributed by atoms with van der Waals surface area (Å²) in [5, 5.41) is 0. The molecule has 2 bridgehead atoms. The van der Waals surface area contributed by atoms with Crippen LogP contribution in [-0.4, -0.2) is 56.0 Å². The first kappa shape index (κ1) is 17.8. The number of fused-ring (bicyclic) bond motifs is 2. The second kappa shape index (κ2) is 6.71. The van der Waals surface area contributed by atoms with E-state index in [4.69, 9.17) is 9.47 Å². The number of hydrogen-bond donors (Lipinski definition) is 0. The molecule has 5 heteroatoms. The lowest BCUT2D eigenvalue weighted by Crippen LogP contribution is -2.57. The Hall–Kier alpha value is -2.01. The van der Waals surface area contributed by atoms with Gasteiger partial charge in [0.25, 0.3) is 0 Å². The van der Waals surface area contributed by atoms with Crippen molar-refractivity contribution >= 4 is 17.4 Å². The molecule has 25 heavy (non-hydrogen) atoms. The molecule has 1 fully saturated rings. The highest BCUT2D eigenvalue weighted by atomic mass is 16.6. The average molecular weight is 344 g/mol. The Bertz CT molecular complexity index is 659. The summed E-state index contributed by atoms with van der Waals surface area (Å²) < 4.78 is 11.3. The zero-order chi connectivity index (χ0) is 18.2. The lowest BCUT2D eigenvalue weighted by atomic mass is 9.90. The van der Waals surface area contributed by atoms with Crippen LogP contribution in [-0.2, 0) is 9.47 Å². The SMILES string of the molecule is CN(C)c1ccc(C2=CC3COCC(C2)N3C(=O)OC(C)(C)C)cc1. The van der Waals surface area contributed by atoms with Gasteiger partial charge in [-0.1, -0.05) is 18.2 Å². The Labute approximate surface area is 150 Å². The molecule has 0 aliphatic carbocycles. The number of anilines is 1. The fraction of sp³-hybridized carbons (Fsp3) is 0.550. The van der Waals surface area contributed by atoms with Crippen LogP contribution >= 0.6 is 0 Å². The quantitative estimate of drug-likeness (QED) is 0.823. The summed E-state index contributed by atoms with van der Waals surface area (Å²) in [6, 6.07) is 8.53. The van der Waals surface area contributed by atoms with E-state index in [1.165, 1.54) is 16.8 Å². The van der Waals surface area contributed by atoms with Crippen molar-refractivity contribution in [3.8, 4) is 0 Å². The molecule has 3 rings (SSSR count). The lowest BCUT2D eigenvalue weighted by Gasteiger charge is -2.44. The highest BCUT2D eigenvalue weighted by Gasteiger charge is 2.40. The fourth-order valence-corrected chi connectivity index (χ4v) is 3.38. The maximum Gasteiger partial charge on any atom is 0.411 e. The molecule has 1 saturated heterocycles. The molecular weight excluding hydrogens is 316 g/mol. The van der Waals surface area contributed by atoms with E-state index in [0.29, 0.717) is 13.2 Å². The largest absolute Gasteiger partial charge is 0.444 e. The molecule has 0 aromatic heterocycles. The molecule has 1 aromatic rings. The molecule has 1 aromatic carbocycles. The molecule has 5 nitrogen and oxygen atoms in total. The van der Waals surface area contributed by atoms with Crippen molar-refractivity contribution in [3.05, 3.63) is 35.9 Å². The van der Waals surface area contributed by atoms with E-state index >= 15 is 0 Å². The van der Waals surface area contributed by atoms with E-state index in [1.807, 2.05) is 39.8 Å². The Balaban J connectivity index is 1.82. The van der Waals surface area contributed by atoms with Gasteiger partial charge in [-0.15, -0.1) is 0 Å². The number of carbonyl (C=O) groups is 1. The first-order valence-corrected chi connectivity index (χ1v) is 8.82. The van der Waals surface area contributed by atoms with Gasteiger partial charge in [0.2, 0.25) is 0 Å². The van der Waals surface area contributed by atoms with Gasteiger partial charge in [0.05, 0.1) is 25.3 Å². The molecule has 1 amide bonds. The summed E-state index contributed by atoms with van der Waals surface area (Å²) in [4.78, 5) is 16.5. The number of nitrogens with zero attached hydrogens (tertiary/aromatic N) is 2. The van der Waals surface area contributed by atoms with E-state index in [-0.39, 0.29) is 18.2 Å². The third-order valence-corrected chi connectivity index (χ3v) is 4.56. The number of ether oxygens (including phenoxy) is 2. The van der Waals surface area contributed by atoms with Gasteiger partial charge >= 0.3 is 6.09 Å². The van der Waals surface area contributed by atoms with Crippen molar-refractivity contribution in [2.24, 2.45) is 0 Å². The third kappa shape index (κ3) is 3.98. The number of benzene rings is 1. The van der Waals surface area contributed by atoms with Crippen molar-refractivity contribution in [3.63, 3.8) is 0 Å². The van der Waals surface area contributed by atoms with Crippen LogP contribution in [0.3, 0.4) is 0 Å². The van der Waals surface area contributed by atoms with E-state index < -0.39 is 5.60 Å². The molecule has 0 spiro atoms. The van der Waals surface area contributed by atoms with Crippen molar-refractivity contribution in [1.29, 1.82) is 0 Å². The Morgan fingerprint density at radius 3 is 2.44 bits per heavy atom. The van der Waals surface area contributed by atoms with E-state index in [0.717, 1.165) is 6.42 Å². The van der Waals surface area contributed by atoms with Gasteiger partial charge in [0.1, 0.15) is 5.60 Å². The third-order valence-electron chi connectivity index (χ3n) is 4.56. The smallest absolute Gasteiger partial charge is 0.411 e. The Morgan fingerprint density at radius 1 is 1.20 bits per heavy atom. The van der Waals surface area contributed by atoms with Crippen molar-refractivity contribution in [1.82, 2.24) is 4.90 Å². The van der Waals surface area contributed by atoms with Gasteiger partial charge in [-0.25, -0.2) is 4.79 Å². The predicted molar refractivity (Wildman–Crippen MR) is 99.8 cm³/mol. The van der Waals surface area contributed by atoms with Gasteiger partial charge < -0.3 is 14.4 Å². The first-order chi connectivity index (χ1) is 11.7. The van der Waals surface area contributed by atoms with Gasteiger partial charge in [-0.2, -0.15) is 0 Å². The van der Waals surface area contributed by atoms with Crippen LogP contribution in [0.4, 0.5) is 10.5 Å². The molecule has 2 unspecified atom stereocenters. The summed E-state index contributed by atoms with van der Waals surface area (Å²) in [5.74, 6) is 0. The number of morpholine rings is 1. The maximum absolute atomic E-state index is 12.6. The van der Waals surface area contributed by atoms with Crippen LogP contribution in [0.25, 0.3) is 5.57 Å². The van der Waals surface area contributed by atoms with Gasteiger partial charge in [-0.3, -0.25) is 4.90 Å². The summed E-state index contributed by atoms with van der Waals surface area (Å²) in [7, 11) is 4.07. The fourth-order valence-electron chi connectivity index (χ4n) is 3.38. The van der Waals surface area contributed by atoms with Gasteiger partial charge in [0.15, 0.2) is 0 Å². The van der Waals surface area contributed by atoms with Crippen LogP contribution in [0.5, 0.6) is 0 Å². The van der Waals surface area contributed by atoms with Crippen LogP contribution < -0.4 is 4.90 Å². The number of amides is 1. The van der Waals surface area contributed by atoms with Gasteiger partial charge in [0, 0.05) is 19.8 Å². The molecule has 2 aliphatic rings. The van der Waals surface area contributed by atoms with Crippen LogP contribution in [0.1, 0.15) is 32.8 Å². The zero-order valence-electron chi connectivity index (χ0n) is 15.8. The highest BCUT2D eigenvalue weighted by molar-refractivity contribution is 5.75. The zero-order valence-corrected chi connectivity index (χ0v) is 15.8. The average Bonchev–Trinajstić information content (AvgIpc) is 2.52. The molecular formula is C20H28N2O3. The van der Waals surface area contributed by atoms with E-state index in [1.54, 1.807) is 0 Å². The number of carbonyl (C=O) groups excluding carboxylic acids is 1. The van der Waals surface area contributed by atoms with Crippen LogP contribution in [0.2, 0.25) is 0 Å². The highest BCUT2D eigenvalue weighted by Crippen LogP contribution is 2.34. The minimum atomic E-state index is -0.488. The minimum Gasteiger partial charge on any atom is -0.444 e. The Morgan fingerprint density at radius 2 is 1.88 bits per heavy atom.